The number of carbonyl (C=O) groups is 5. The second-order valence-corrected chi connectivity index (χ2v) is 18.2. The Hall–Kier alpha value is -4.59. The Morgan fingerprint density at radius 2 is 1.57 bits per heavy atom. The first-order chi connectivity index (χ1) is 27.0. The highest BCUT2D eigenvalue weighted by Crippen LogP contribution is 2.65. The summed E-state index contributed by atoms with van der Waals surface area (Å²) in [6, 6.07) is 16.2. The van der Waals surface area contributed by atoms with E-state index in [-0.39, 0.29) is 25.0 Å². The van der Waals surface area contributed by atoms with Crippen molar-refractivity contribution in [3.8, 4) is 0 Å². The lowest BCUT2D eigenvalue weighted by atomic mass is 9.43. The fraction of sp³-hybridized carbons (Fsp3) is 0.578. The second-order valence-electron chi connectivity index (χ2n) is 18.2. The molecule has 2 saturated carbocycles. The highest BCUT2D eigenvalue weighted by molar-refractivity contribution is 5.92. The topological polar surface area (TPSA) is 184 Å². The van der Waals surface area contributed by atoms with E-state index >= 15 is 4.79 Å². The lowest BCUT2D eigenvalue weighted by Crippen LogP contribution is -2.81. The van der Waals surface area contributed by atoms with Crippen molar-refractivity contribution in [1.82, 2.24) is 5.32 Å². The first-order valence-electron chi connectivity index (χ1n) is 20.0. The molecule has 4 aliphatic rings. The third kappa shape index (κ3) is 7.12. The maximum Gasteiger partial charge on any atom is 0.408 e. The van der Waals surface area contributed by atoms with Gasteiger partial charge in [0.05, 0.1) is 41.6 Å². The van der Waals surface area contributed by atoms with Crippen LogP contribution in [0.25, 0.3) is 0 Å². The summed E-state index contributed by atoms with van der Waals surface area (Å²) in [7, 11) is 0. The van der Waals surface area contributed by atoms with Gasteiger partial charge in [-0.15, -0.1) is 0 Å². The lowest BCUT2D eigenvalue weighted by Gasteiger charge is -2.67. The Bertz CT molecular complexity index is 1970. The number of ketones is 1. The number of carbonyl (C=O) groups excluding carboxylic acids is 5. The van der Waals surface area contributed by atoms with Gasteiger partial charge >= 0.3 is 24.0 Å². The van der Waals surface area contributed by atoms with E-state index in [2.05, 4.69) is 5.32 Å². The molecule has 1 unspecified atom stereocenters. The van der Waals surface area contributed by atoms with E-state index in [4.69, 9.17) is 23.7 Å². The highest BCUT2D eigenvalue weighted by Gasteiger charge is 2.77. The Morgan fingerprint density at radius 1 is 0.966 bits per heavy atom. The minimum absolute atomic E-state index is 0.0457. The minimum atomic E-state index is -2.11. The van der Waals surface area contributed by atoms with Crippen molar-refractivity contribution >= 4 is 29.8 Å². The van der Waals surface area contributed by atoms with Gasteiger partial charge in [0.2, 0.25) is 0 Å². The van der Waals surface area contributed by atoms with Gasteiger partial charge in [-0.25, -0.2) is 9.59 Å². The number of nitrogens with one attached hydrogen (secondary N) is 1. The first kappa shape index (κ1) is 43.0. The van der Waals surface area contributed by atoms with Crippen LogP contribution in [0.2, 0.25) is 0 Å². The molecule has 314 valence electrons. The quantitative estimate of drug-likeness (QED) is 0.166. The summed E-state index contributed by atoms with van der Waals surface area (Å²) in [4.78, 5) is 69.8. The number of ether oxygens (including phenoxy) is 5. The highest BCUT2D eigenvalue weighted by atomic mass is 16.6. The molecule has 2 aromatic carbocycles. The maximum absolute atomic E-state index is 15.2. The van der Waals surface area contributed by atoms with Gasteiger partial charge in [0, 0.05) is 31.1 Å². The summed E-state index contributed by atoms with van der Waals surface area (Å²) in [6.07, 6.45) is -6.07. The fourth-order valence-corrected chi connectivity index (χ4v) is 10.2. The zero-order valence-corrected chi connectivity index (χ0v) is 35.0. The van der Waals surface area contributed by atoms with E-state index in [9.17, 15) is 29.4 Å². The van der Waals surface area contributed by atoms with Gasteiger partial charge in [-0.2, -0.15) is 0 Å². The summed E-state index contributed by atoms with van der Waals surface area (Å²) < 4.78 is 30.3. The average molecular weight is 804 g/mol. The summed E-state index contributed by atoms with van der Waals surface area (Å²) in [5.41, 5.74) is -5.78. The molecule has 3 N–H and O–H groups in total. The Balaban J connectivity index is 1.49. The number of esters is 3. The van der Waals surface area contributed by atoms with Gasteiger partial charge < -0.3 is 39.2 Å². The molecule has 13 heteroatoms. The van der Waals surface area contributed by atoms with Crippen molar-refractivity contribution in [3.63, 3.8) is 0 Å². The Labute approximate surface area is 339 Å². The second kappa shape index (κ2) is 15.2. The van der Waals surface area contributed by atoms with E-state index in [1.54, 1.807) is 117 Å². The van der Waals surface area contributed by atoms with Crippen molar-refractivity contribution in [2.75, 3.05) is 6.61 Å². The standard InChI is InChI=1S/C45H57NO12/c1-24-30(55-38(50)26(3)34(28-17-13-11-14-18-28)46-40(52)58-41(5,6)7)22-45(53)37(56-39(51)29-19-15-12-16-20-29)35-43(10,36(49)25(2)33(24)42(45,8)9)31(48)21-32-44(35,23-54-32)57-27(4)47/h11-20,25-26,30-32,34-35,37,48,53H,21-23H2,1-10H3,(H,46,52)/t25-,26-,30+,31+,32-,34-,35?,37+,43-,44+,45-/m1/s1. The number of amides is 1. The first-order valence-corrected chi connectivity index (χ1v) is 20.0. The summed E-state index contributed by atoms with van der Waals surface area (Å²) >= 11 is 0. The van der Waals surface area contributed by atoms with Crippen LogP contribution in [-0.2, 0) is 38.1 Å². The summed E-state index contributed by atoms with van der Waals surface area (Å²) in [5.74, 6) is -5.88. The number of rotatable bonds is 8. The van der Waals surface area contributed by atoms with Crippen LogP contribution in [0.1, 0.15) is 104 Å². The molecule has 6 rings (SSSR count). The lowest BCUT2D eigenvalue weighted by molar-refractivity contribution is -0.345. The molecule has 13 nitrogen and oxygen atoms in total. The van der Waals surface area contributed by atoms with E-state index < -0.39 is 106 Å². The molecule has 1 saturated heterocycles. The van der Waals surface area contributed by atoms with Crippen LogP contribution >= 0.6 is 0 Å². The predicted octanol–water partition coefficient (Wildman–Crippen LogP) is 5.81. The van der Waals surface area contributed by atoms with Crippen molar-refractivity contribution in [2.24, 2.45) is 28.6 Å². The number of aliphatic hydroxyl groups excluding tert-OH is 1. The monoisotopic (exact) mass is 803 g/mol. The van der Waals surface area contributed by atoms with Gasteiger partial charge in [-0.1, -0.05) is 69.3 Å². The molecule has 0 spiro atoms. The molecule has 11 atom stereocenters. The van der Waals surface area contributed by atoms with Crippen LogP contribution in [0.5, 0.6) is 0 Å². The molecule has 2 bridgehead atoms. The van der Waals surface area contributed by atoms with Crippen molar-refractivity contribution in [1.29, 1.82) is 0 Å². The molecule has 0 radical (unpaired) electrons. The van der Waals surface area contributed by atoms with Crippen molar-refractivity contribution in [2.45, 2.75) is 129 Å². The minimum Gasteiger partial charge on any atom is -0.457 e. The summed E-state index contributed by atoms with van der Waals surface area (Å²) in [6.45, 7) is 16.4. The molecule has 3 fully saturated rings. The Kier molecular flexibility index (Phi) is 11.3. The van der Waals surface area contributed by atoms with Crippen LogP contribution in [0, 0.1) is 28.6 Å². The van der Waals surface area contributed by atoms with Gasteiger partial charge in [0.1, 0.15) is 35.3 Å². The van der Waals surface area contributed by atoms with Crippen molar-refractivity contribution in [3.05, 3.63) is 82.9 Å². The molecule has 0 aromatic heterocycles. The van der Waals surface area contributed by atoms with Crippen LogP contribution in [0.3, 0.4) is 0 Å². The van der Waals surface area contributed by atoms with Crippen molar-refractivity contribution < 1.29 is 57.9 Å². The van der Waals surface area contributed by atoms with Crippen LogP contribution < -0.4 is 5.32 Å². The zero-order valence-electron chi connectivity index (χ0n) is 35.0. The van der Waals surface area contributed by atoms with Crippen LogP contribution in [0.4, 0.5) is 4.79 Å². The Morgan fingerprint density at radius 3 is 2.12 bits per heavy atom. The normalized spacial score (nSPS) is 33.7. The molecule has 58 heavy (non-hydrogen) atoms. The number of fused-ring (bicyclic) bond motifs is 5. The van der Waals surface area contributed by atoms with Gasteiger partial charge in [-0.05, 0) is 70.4 Å². The van der Waals surface area contributed by atoms with Gasteiger partial charge in [0.15, 0.2) is 5.60 Å². The number of aliphatic hydroxyl groups is 2. The smallest absolute Gasteiger partial charge is 0.408 e. The van der Waals surface area contributed by atoms with E-state index in [0.717, 1.165) is 0 Å². The third-order valence-electron chi connectivity index (χ3n) is 13.2. The third-order valence-corrected chi connectivity index (χ3v) is 13.2. The molecular formula is C45H57NO12. The molecule has 1 aliphatic heterocycles. The molecule has 3 aliphatic carbocycles. The zero-order chi connectivity index (χ0) is 42.7. The molecule has 2 aromatic rings. The van der Waals surface area contributed by atoms with Crippen LogP contribution in [0.15, 0.2) is 71.8 Å². The fourth-order valence-electron chi connectivity index (χ4n) is 10.2. The van der Waals surface area contributed by atoms with Gasteiger partial charge in [-0.3, -0.25) is 14.4 Å². The molecular weight excluding hydrogens is 746 g/mol. The predicted molar refractivity (Wildman–Crippen MR) is 210 cm³/mol. The van der Waals surface area contributed by atoms with E-state index in [1.807, 2.05) is 6.07 Å². The average Bonchev–Trinajstić information content (AvgIpc) is 3.14. The van der Waals surface area contributed by atoms with Gasteiger partial charge in [0.25, 0.3) is 0 Å². The SMILES string of the molecule is CC(=O)O[C@@]12CO[C@@H]1C[C@H](O)[C@@]1(C)C(=O)[C@H](C)C3=C(C)[C@@H](OC(=O)[C@H](C)[C@@H](NC(=O)OC(C)(C)C)c4ccccc4)C[C@@](O)([C@@H](OC(=O)c4ccccc4)C12)C3(C)C. The molecule has 1 amide bonds. The number of Topliss-reactive ketones (excluding diaryl/α,β-unsaturated/α-hetero) is 1. The number of hydrogen-bond acceptors (Lipinski definition) is 12. The maximum atomic E-state index is 15.2. The number of benzene rings is 2. The largest absolute Gasteiger partial charge is 0.457 e. The van der Waals surface area contributed by atoms with Crippen LogP contribution in [-0.4, -0.2) is 87.8 Å². The van der Waals surface area contributed by atoms with E-state index in [1.165, 1.54) is 6.92 Å². The number of hydrogen-bond donors (Lipinski definition) is 3. The van der Waals surface area contributed by atoms with E-state index in [0.29, 0.717) is 16.7 Å². The summed E-state index contributed by atoms with van der Waals surface area (Å²) in [5, 5.41) is 28.4. The molecule has 1 heterocycles. The number of alkyl carbamates (subject to hydrolysis) is 1.